The summed E-state index contributed by atoms with van der Waals surface area (Å²) in [6.07, 6.45) is 1.89. The van der Waals surface area contributed by atoms with Crippen LogP contribution < -0.4 is 0 Å². The summed E-state index contributed by atoms with van der Waals surface area (Å²) < 4.78 is 28.7. The molecule has 0 aliphatic rings. The van der Waals surface area contributed by atoms with Gasteiger partial charge in [-0.05, 0) is 37.4 Å². The van der Waals surface area contributed by atoms with Crippen LogP contribution in [0.2, 0.25) is 0 Å². The van der Waals surface area contributed by atoms with Gasteiger partial charge in [-0.15, -0.1) is 11.8 Å². The van der Waals surface area contributed by atoms with Crippen molar-refractivity contribution in [1.29, 1.82) is 0 Å². The molecular weight excluding hydrogens is 350 g/mol. The second kappa shape index (κ2) is 7.50. The zero-order chi connectivity index (χ0) is 17.7. The van der Waals surface area contributed by atoms with Gasteiger partial charge in [-0.3, -0.25) is 4.28 Å². The number of nitrogens with zero attached hydrogens (tertiary/aromatic N) is 1. The van der Waals surface area contributed by atoms with Crippen molar-refractivity contribution in [3.05, 3.63) is 59.7 Å². The summed E-state index contributed by atoms with van der Waals surface area (Å²) in [5.41, 5.74) is 0.648. The number of carbonyl (C=O) groups is 1. The molecular formula is C16H15NO5S2. The highest BCUT2D eigenvalue weighted by molar-refractivity contribution is 7.98. The van der Waals surface area contributed by atoms with Gasteiger partial charge in [0.1, 0.15) is 4.90 Å². The molecule has 0 saturated heterocycles. The van der Waals surface area contributed by atoms with Gasteiger partial charge in [-0.2, -0.15) is 8.42 Å². The summed E-state index contributed by atoms with van der Waals surface area (Å²) in [5.74, 6) is -1.38. The van der Waals surface area contributed by atoms with Crippen LogP contribution in [0.5, 0.6) is 0 Å². The molecule has 0 unspecified atom stereocenters. The summed E-state index contributed by atoms with van der Waals surface area (Å²) in [4.78, 5) is 12.2. The van der Waals surface area contributed by atoms with Crippen molar-refractivity contribution in [1.82, 2.24) is 0 Å². The molecule has 0 aliphatic heterocycles. The molecule has 2 aromatic carbocycles. The van der Waals surface area contributed by atoms with E-state index in [2.05, 4.69) is 9.44 Å². The number of thioether (sulfide) groups is 1. The van der Waals surface area contributed by atoms with Gasteiger partial charge in [0, 0.05) is 10.5 Å². The molecule has 8 heteroatoms. The van der Waals surface area contributed by atoms with Gasteiger partial charge >= 0.3 is 16.1 Å². The maximum atomic E-state index is 12.1. The van der Waals surface area contributed by atoms with Gasteiger partial charge in [0.15, 0.2) is 5.71 Å². The van der Waals surface area contributed by atoms with Crippen molar-refractivity contribution < 1.29 is 22.6 Å². The van der Waals surface area contributed by atoms with Crippen molar-refractivity contribution >= 4 is 33.6 Å². The molecule has 0 aromatic heterocycles. The predicted molar refractivity (Wildman–Crippen MR) is 91.8 cm³/mol. The van der Waals surface area contributed by atoms with E-state index < -0.39 is 21.8 Å². The van der Waals surface area contributed by atoms with Gasteiger partial charge in [0.05, 0.1) is 0 Å². The lowest BCUT2D eigenvalue weighted by atomic mass is 10.1. The molecule has 126 valence electrons. The van der Waals surface area contributed by atoms with E-state index in [1.54, 1.807) is 36.4 Å². The molecule has 0 spiro atoms. The van der Waals surface area contributed by atoms with Crippen LogP contribution >= 0.6 is 11.8 Å². The first-order chi connectivity index (χ1) is 11.3. The van der Waals surface area contributed by atoms with E-state index in [1.807, 2.05) is 13.2 Å². The third-order valence-corrected chi connectivity index (χ3v) is 4.97. The van der Waals surface area contributed by atoms with Crippen molar-refractivity contribution in [3.8, 4) is 0 Å². The number of carboxylic acid groups (broad SMARTS) is 1. The van der Waals surface area contributed by atoms with Crippen LogP contribution in [0.15, 0.2) is 63.5 Å². The van der Waals surface area contributed by atoms with Gasteiger partial charge in [-0.1, -0.05) is 35.0 Å². The van der Waals surface area contributed by atoms with E-state index in [1.165, 1.54) is 23.9 Å². The zero-order valence-corrected chi connectivity index (χ0v) is 14.6. The van der Waals surface area contributed by atoms with Crippen molar-refractivity contribution in [2.24, 2.45) is 5.16 Å². The molecule has 1 N–H and O–H groups in total. The molecule has 2 rings (SSSR count). The number of aryl methyl sites for hydroxylation is 1. The van der Waals surface area contributed by atoms with Crippen LogP contribution in [0.1, 0.15) is 11.1 Å². The van der Waals surface area contributed by atoms with Gasteiger partial charge in [0.25, 0.3) is 0 Å². The Balaban J connectivity index is 2.30. The SMILES string of the molecule is CSc1ccc(C(=NOS(=O)(=O)c2ccc(C)cc2)C(=O)O)cc1. The van der Waals surface area contributed by atoms with Crippen molar-refractivity contribution in [2.45, 2.75) is 16.7 Å². The number of rotatable bonds is 6. The second-order valence-corrected chi connectivity index (χ2v) is 7.22. The number of hydrogen-bond donors (Lipinski definition) is 1. The molecule has 0 radical (unpaired) electrons. The Bertz CT molecular complexity index is 856. The van der Waals surface area contributed by atoms with E-state index in [4.69, 9.17) is 0 Å². The summed E-state index contributed by atoms with van der Waals surface area (Å²) in [6, 6.07) is 12.5. The van der Waals surface area contributed by atoms with E-state index in [9.17, 15) is 18.3 Å². The third kappa shape index (κ3) is 4.36. The van der Waals surface area contributed by atoms with Crippen LogP contribution in [-0.4, -0.2) is 31.5 Å². The van der Waals surface area contributed by atoms with Crippen LogP contribution in [0.3, 0.4) is 0 Å². The normalized spacial score (nSPS) is 12.0. The van der Waals surface area contributed by atoms with Crippen LogP contribution in [0, 0.1) is 6.92 Å². The molecule has 24 heavy (non-hydrogen) atoms. The second-order valence-electron chi connectivity index (χ2n) is 4.82. The predicted octanol–water partition coefficient (Wildman–Crippen LogP) is 2.91. The summed E-state index contributed by atoms with van der Waals surface area (Å²) in [7, 11) is -4.18. The average Bonchev–Trinajstić information content (AvgIpc) is 2.55. The van der Waals surface area contributed by atoms with Gasteiger partial charge < -0.3 is 5.11 Å². The third-order valence-electron chi connectivity index (χ3n) is 3.10. The average molecular weight is 365 g/mol. The van der Waals surface area contributed by atoms with Crippen LogP contribution in [-0.2, 0) is 19.2 Å². The van der Waals surface area contributed by atoms with E-state index in [0.717, 1.165) is 10.5 Å². The number of hydrogen-bond acceptors (Lipinski definition) is 6. The minimum atomic E-state index is -4.18. The Hall–Kier alpha value is -2.32. The van der Waals surface area contributed by atoms with Crippen LogP contribution in [0.25, 0.3) is 0 Å². The first-order valence-corrected chi connectivity index (χ1v) is 9.43. The van der Waals surface area contributed by atoms with E-state index in [0.29, 0.717) is 0 Å². The molecule has 0 bridgehead atoms. The fourth-order valence-electron chi connectivity index (χ4n) is 1.80. The maximum absolute atomic E-state index is 12.1. The summed E-state index contributed by atoms with van der Waals surface area (Å²) >= 11 is 1.50. The minimum absolute atomic E-state index is 0.0979. The zero-order valence-electron chi connectivity index (χ0n) is 13.0. The lowest BCUT2D eigenvalue weighted by Crippen LogP contribution is -2.16. The number of benzene rings is 2. The minimum Gasteiger partial charge on any atom is -0.476 e. The Kier molecular flexibility index (Phi) is 5.63. The highest BCUT2D eigenvalue weighted by atomic mass is 32.2. The molecule has 0 fully saturated rings. The molecule has 6 nitrogen and oxygen atoms in total. The summed E-state index contributed by atoms with van der Waals surface area (Å²) in [5, 5.41) is 12.6. The van der Waals surface area contributed by atoms with Crippen molar-refractivity contribution in [2.75, 3.05) is 6.26 Å². The number of oxime groups is 1. The van der Waals surface area contributed by atoms with E-state index in [-0.39, 0.29) is 10.5 Å². The quantitative estimate of drug-likeness (QED) is 0.481. The first-order valence-electron chi connectivity index (χ1n) is 6.79. The van der Waals surface area contributed by atoms with Gasteiger partial charge in [-0.25, -0.2) is 4.79 Å². The lowest BCUT2D eigenvalue weighted by molar-refractivity contribution is -0.129. The number of carboxylic acids is 1. The molecule has 0 amide bonds. The Labute approximate surface area is 144 Å². The lowest BCUT2D eigenvalue weighted by Gasteiger charge is -2.05. The molecule has 2 aromatic rings. The van der Waals surface area contributed by atoms with E-state index >= 15 is 0 Å². The monoisotopic (exact) mass is 365 g/mol. The van der Waals surface area contributed by atoms with Crippen molar-refractivity contribution in [3.63, 3.8) is 0 Å². The Morgan fingerprint density at radius 2 is 1.67 bits per heavy atom. The standard InChI is InChI=1S/C16H15NO5S2/c1-11-3-9-14(10-4-11)24(20,21)22-17-15(16(18)19)12-5-7-13(23-2)8-6-12/h3-10H,1-2H3,(H,18,19). The number of aliphatic carboxylic acids is 1. The Morgan fingerprint density at radius 1 is 1.08 bits per heavy atom. The fraction of sp³-hybridized carbons (Fsp3) is 0.125. The topological polar surface area (TPSA) is 93.0 Å². The summed E-state index contributed by atoms with van der Waals surface area (Å²) in [6.45, 7) is 1.82. The smallest absolute Gasteiger partial charge is 0.358 e. The van der Waals surface area contributed by atoms with Crippen LogP contribution in [0.4, 0.5) is 0 Å². The highest BCUT2D eigenvalue weighted by Crippen LogP contribution is 2.17. The first kappa shape index (κ1) is 18.0. The molecule has 0 atom stereocenters. The Morgan fingerprint density at radius 3 is 2.17 bits per heavy atom. The highest BCUT2D eigenvalue weighted by Gasteiger charge is 2.19. The fourth-order valence-corrected chi connectivity index (χ4v) is 2.93. The van der Waals surface area contributed by atoms with Gasteiger partial charge in [0.2, 0.25) is 0 Å². The maximum Gasteiger partial charge on any atom is 0.358 e. The molecule has 0 saturated carbocycles. The molecule has 0 aliphatic carbocycles. The largest absolute Gasteiger partial charge is 0.476 e. The molecule has 0 heterocycles.